The number of hydrogen-bond acceptors (Lipinski definition) is 13. The molecule has 1 N–H and O–H groups in total. The van der Waals surface area contributed by atoms with Gasteiger partial charge in [-0.1, -0.05) is 162 Å². The van der Waals surface area contributed by atoms with Gasteiger partial charge in [0.2, 0.25) is 0 Å². The highest BCUT2D eigenvalue weighted by Crippen LogP contribution is 2.32. The Morgan fingerprint density at radius 3 is 1.11 bits per heavy atom. The first-order chi connectivity index (χ1) is 50.3. The molecule has 2 aliphatic rings. The molecule has 0 atom stereocenters. The lowest BCUT2D eigenvalue weighted by Gasteiger charge is -2.25. The number of rotatable bonds is 38. The van der Waals surface area contributed by atoms with E-state index in [0.717, 1.165) is 148 Å². The van der Waals surface area contributed by atoms with Crippen molar-refractivity contribution in [1.29, 1.82) is 0 Å². The van der Waals surface area contributed by atoms with Crippen LogP contribution in [-0.2, 0) is 88.4 Å². The van der Waals surface area contributed by atoms with Gasteiger partial charge in [0, 0.05) is 87.0 Å². The number of ketones is 2. The van der Waals surface area contributed by atoms with Crippen molar-refractivity contribution in [3.8, 4) is 23.0 Å². The van der Waals surface area contributed by atoms with Gasteiger partial charge in [-0.05, 0) is 174 Å². The van der Waals surface area contributed by atoms with E-state index < -0.39 is 30.0 Å². The molecule has 0 radical (unpaired) electrons. The SMILES string of the molecule is CCCCCCCOc1ccc(CC2=Nc3cc(CN(CC(=O)O)C(=O)c4ccc(CC(=O)Cc5ccc(OC)cc5)cc4)ccc3C2)cc1.CCCCCCCOc1ccc(CC2=Nc3cc(CN(CC(=O)OC(C)(C)C)C(=O)c4ccc(CC(=O)Cc5ccc(OC)cc5)cc4)ccc3C2)cc1. The molecule has 16 heteroatoms. The first-order valence-corrected chi connectivity index (χ1v) is 36.6. The number of benzene rings is 8. The van der Waals surface area contributed by atoms with Gasteiger partial charge in [0.1, 0.15) is 53.3 Å². The minimum atomic E-state index is -1.09. The summed E-state index contributed by atoms with van der Waals surface area (Å²) in [5, 5.41) is 9.61. The molecule has 2 amide bonds. The molecule has 0 aromatic heterocycles. The van der Waals surface area contributed by atoms with Crippen molar-refractivity contribution < 1.29 is 57.6 Å². The lowest BCUT2D eigenvalue weighted by Crippen LogP contribution is -2.38. The summed E-state index contributed by atoms with van der Waals surface area (Å²) >= 11 is 0. The van der Waals surface area contributed by atoms with Gasteiger partial charge in [0.15, 0.2) is 0 Å². The van der Waals surface area contributed by atoms with Crippen molar-refractivity contribution in [3.63, 3.8) is 0 Å². The fraction of sp³-hybridized carbons (Fsp3) is 0.364. The first-order valence-electron chi connectivity index (χ1n) is 36.6. The molecule has 16 nitrogen and oxygen atoms in total. The number of carboxylic acids is 1. The van der Waals surface area contributed by atoms with Crippen LogP contribution < -0.4 is 18.9 Å². The Hall–Kier alpha value is -10.5. The second kappa shape index (κ2) is 39.2. The zero-order valence-electron chi connectivity index (χ0n) is 61.5. The summed E-state index contributed by atoms with van der Waals surface area (Å²) in [5.74, 6) is 1.11. The molecule has 8 aromatic rings. The van der Waals surface area contributed by atoms with Crippen LogP contribution in [0.1, 0.15) is 175 Å². The van der Waals surface area contributed by atoms with Crippen molar-refractivity contribution in [2.24, 2.45) is 9.98 Å². The summed E-state index contributed by atoms with van der Waals surface area (Å²) < 4.78 is 27.8. The first kappa shape index (κ1) is 77.7. The Balaban J connectivity index is 0.000000242. The quantitative estimate of drug-likeness (QED) is 0.0284. The van der Waals surface area contributed by atoms with Crippen LogP contribution in [-0.4, -0.2) is 108 Å². The third kappa shape index (κ3) is 25.2. The van der Waals surface area contributed by atoms with Crippen molar-refractivity contribution >= 4 is 58.1 Å². The van der Waals surface area contributed by atoms with E-state index in [2.05, 4.69) is 44.2 Å². The number of nitrogens with zero attached hydrogens (tertiary/aromatic N) is 4. The summed E-state index contributed by atoms with van der Waals surface area (Å²) in [6, 6.07) is 57.1. The predicted octanol–water partition coefficient (Wildman–Crippen LogP) is 17.3. The smallest absolute Gasteiger partial charge is 0.326 e. The average molecular weight is 1410 g/mol. The number of aliphatic imine (C=N–C) groups is 2. The number of unbranched alkanes of at least 4 members (excludes halogenated alkanes) is 8. The average Bonchev–Trinajstić information content (AvgIpc) is 1.62. The Labute approximate surface area is 613 Å². The molecular formula is C88H100N4O12. The highest BCUT2D eigenvalue weighted by molar-refractivity contribution is 5.98. The zero-order valence-corrected chi connectivity index (χ0v) is 61.5. The van der Waals surface area contributed by atoms with Crippen LogP contribution in [0.4, 0.5) is 11.4 Å². The summed E-state index contributed by atoms with van der Waals surface area (Å²) in [7, 11) is 3.21. The Bertz CT molecular complexity index is 4210. The van der Waals surface area contributed by atoms with Gasteiger partial charge >= 0.3 is 11.9 Å². The Morgan fingerprint density at radius 2 is 0.750 bits per heavy atom. The maximum absolute atomic E-state index is 13.9. The van der Waals surface area contributed by atoms with Gasteiger partial charge in [0.05, 0.1) is 38.8 Å². The van der Waals surface area contributed by atoms with Gasteiger partial charge in [-0.3, -0.25) is 38.8 Å². The third-order valence-electron chi connectivity index (χ3n) is 18.1. The van der Waals surface area contributed by atoms with E-state index in [0.29, 0.717) is 24.0 Å². The maximum Gasteiger partial charge on any atom is 0.326 e. The van der Waals surface area contributed by atoms with E-state index in [9.17, 15) is 33.9 Å². The molecule has 544 valence electrons. The number of Topliss-reactive ketones (excluding diaryl/α,β-unsaturated/α-hetero) is 2. The summed E-state index contributed by atoms with van der Waals surface area (Å²) in [4.78, 5) is 90.3. The number of fused-ring (bicyclic) bond motifs is 2. The molecule has 8 aromatic carbocycles. The molecule has 0 aliphatic carbocycles. The largest absolute Gasteiger partial charge is 0.497 e. The number of carboxylic acid groups (broad SMARTS) is 1. The molecule has 0 bridgehead atoms. The van der Waals surface area contributed by atoms with Crippen LogP contribution in [0.2, 0.25) is 0 Å². The standard InChI is InChI=1S/C46H54N2O6.C42H46N2O6/c1-6-7-8-9-10-25-53-42-23-16-33(17-24-42)26-39-30-38-20-13-36(29-43(38)47-39)31-48(32-44(50)54-46(2,3)4)45(51)37-18-11-34(12-19-37)27-40(49)28-35-14-21-41(52-5)22-15-35;1-3-4-5-6-7-22-50-39-20-13-30(14-21-39)23-36-27-35-17-10-33(26-40(35)43-36)28-44(29-41(46)47)42(48)34-15-8-31(9-16-34)24-37(45)25-32-11-18-38(49-2)19-12-32/h11-24,29H,6-10,25-28,30-32H2,1-5H3;8-21,26H,3-7,22-25,27-29H2,1-2H3,(H,46,47). The predicted molar refractivity (Wildman–Crippen MR) is 410 cm³/mol. The number of carbonyl (C=O) groups is 6. The van der Waals surface area contributed by atoms with Crippen LogP contribution in [0.3, 0.4) is 0 Å². The number of aliphatic carboxylic acids is 1. The minimum Gasteiger partial charge on any atom is -0.497 e. The van der Waals surface area contributed by atoms with Crippen LogP contribution >= 0.6 is 0 Å². The van der Waals surface area contributed by atoms with E-state index in [-0.39, 0.29) is 49.9 Å². The van der Waals surface area contributed by atoms with Crippen LogP contribution in [0.15, 0.2) is 192 Å². The fourth-order valence-electron chi connectivity index (χ4n) is 12.6. The van der Waals surface area contributed by atoms with Crippen LogP contribution in [0, 0.1) is 0 Å². The zero-order chi connectivity index (χ0) is 73.8. The van der Waals surface area contributed by atoms with Gasteiger partial charge in [-0.15, -0.1) is 0 Å². The Morgan fingerprint density at radius 1 is 0.413 bits per heavy atom. The maximum atomic E-state index is 13.9. The van der Waals surface area contributed by atoms with Crippen molar-refractivity contribution in [1.82, 2.24) is 9.80 Å². The topological polar surface area (TPSA) is 200 Å². The number of methoxy groups -OCH3 is 2. The molecule has 2 heterocycles. The molecule has 0 unspecified atom stereocenters. The Kier molecular flexibility index (Phi) is 29.3. The molecular weight excluding hydrogens is 1300 g/mol. The summed E-state index contributed by atoms with van der Waals surface area (Å²) in [6.07, 6.45) is 16.2. The summed E-state index contributed by atoms with van der Waals surface area (Å²) in [6.45, 7) is 11.0. The van der Waals surface area contributed by atoms with E-state index >= 15 is 0 Å². The van der Waals surface area contributed by atoms with Gasteiger partial charge < -0.3 is 38.6 Å². The lowest BCUT2D eigenvalue weighted by atomic mass is 10.0. The molecule has 10 rings (SSSR count). The number of carbonyl (C=O) groups excluding carboxylic acids is 5. The number of hydrogen-bond donors (Lipinski definition) is 1. The van der Waals surface area contributed by atoms with Crippen LogP contribution in [0.5, 0.6) is 23.0 Å². The molecule has 0 spiro atoms. The van der Waals surface area contributed by atoms with E-state index in [4.69, 9.17) is 33.7 Å². The molecule has 104 heavy (non-hydrogen) atoms. The number of esters is 1. The number of ether oxygens (including phenoxy) is 5. The van der Waals surface area contributed by atoms with Crippen molar-refractivity contribution in [2.75, 3.05) is 40.5 Å². The molecule has 0 saturated carbocycles. The second-order valence-electron chi connectivity index (χ2n) is 28.0. The lowest BCUT2D eigenvalue weighted by molar-refractivity contribution is -0.155. The molecule has 0 saturated heterocycles. The van der Waals surface area contributed by atoms with Crippen molar-refractivity contribution in [2.45, 2.75) is 169 Å². The van der Waals surface area contributed by atoms with Gasteiger partial charge in [-0.25, -0.2) is 0 Å². The van der Waals surface area contributed by atoms with Crippen molar-refractivity contribution in [3.05, 3.63) is 249 Å². The van der Waals surface area contributed by atoms with Gasteiger partial charge in [0.25, 0.3) is 11.8 Å². The van der Waals surface area contributed by atoms with Gasteiger partial charge in [-0.2, -0.15) is 0 Å². The fourth-order valence-corrected chi connectivity index (χ4v) is 12.6. The highest BCUT2D eigenvalue weighted by atomic mass is 16.6. The minimum absolute atomic E-state index is 0.0514. The molecule has 0 fully saturated rings. The second-order valence-corrected chi connectivity index (χ2v) is 28.0. The van der Waals surface area contributed by atoms with E-state index in [1.807, 2.05) is 103 Å². The molecule has 2 aliphatic heterocycles. The van der Waals surface area contributed by atoms with E-state index in [1.54, 1.807) is 83.5 Å². The summed E-state index contributed by atoms with van der Waals surface area (Å²) in [5.41, 5.74) is 13.7. The third-order valence-corrected chi connectivity index (χ3v) is 18.1. The number of amides is 2. The van der Waals surface area contributed by atoms with Crippen LogP contribution in [0.25, 0.3) is 0 Å². The van der Waals surface area contributed by atoms with E-state index in [1.165, 1.54) is 66.7 Å². The monoisotopic (exact) mass is 1400 g/mol. The highest BCUT2D eigenvalue weighted by Gasteiger charge is 2.26. The normalized spacial score (nSPS) is 12.0.